The largest absolute Gasteiger partial charge is 0.355 e. The number of aromatic nitrogens is 3. The monoisotopic (exact) mass is 305 g/mol. The summed E-state index contributed by atoms with van der Waals surface area (Å²) in [5.74, 6) is 2.02. The summed E-state index contributed by atoms with van der Waals surface area (Å²) in [5, 5.41) is 9.40. The molecule has 3 heterocycles. The maximum Gasteiger partial charge on any atom is 0.151 e. The van der Waals surface area contributed by atoms with E-state index >= 15 is 0 Å². The standard InChI is InChI=1S/C18H19N5/c1-2-6-16-15(5-1)8-9-17(20-16)22-11-4-12-23(14-13-22)18-7-3-10-19-21-18/h1-3,5-10H,4,11-14H2. The van der Waals surface area contributed by atoms with E-state index in [0.29, 0.717) is 0 Å². The molecule has 0 atom stereocenters. The van der Waals surface area contributed by atoms with Crippen molar-refractivity contribution in [3.63, 3.8) is 0 Å². The first-order chi connectivity index (χ1) is 11.4. The number of hydrogen-bond donors (Lipinski definition) is 0. The topological polar surface area (TPSA) is 45.2 Å². The zero-order valence-electron chi connectivity index (χ0n) is 13.0. The molecule has 2 aromatic heterocycles. The van der Waals surface area contributed by atoms with Gasteiger partial charge in [-0.3, -0.25) is 0 Å². The normalized spacial score (nSPS) is 15.7. The van der Waals surface area contributed by atoms with Crippen LogP contribution in [0.3, 0.4) is 0 Å². The summed E-state index contributed by atoms with van der Waals surface area (Å²) in [6.07, 6.45) is 2.80. The molecule has 1 aromatic carbocycles. The highest BCUT2D eigenvalue weighted by Crippen LogP contribution is 2.20. The van der Waals surface area contributed by atoms with Gasteiger partial charge in [-0.15, -0.1) is 5.10 Å². The molecular formula is C18H19N5. The van der Waals surface area contributed by atoms with E-state index < -0.39 is 0 Å². The molecule has 0 spiro atoms. The Balaban J connectivity index is 1.53. The van der Waals surface area contributed by atoms with Crippen molar-refractivity contribution in [1.82, 2.24) is 15.2 Å². The molecule has 1 aliphatic heterocycles. The zero-order valence-corrected chi connectivity index (χ0v) is 13.0. The molecule has 4 rings (SSSR count). The molecule has 5 nitrogen and oxygen atoms in total. The Hall–Kier alpha value is -2.69. The van der Waals surface area contributed by atoms with Crippen LogP contribution in [0.25, 0.3) is 10.9 Å². The number of anilines is 2. The molecule has 5 heteroatoms. The second kappa shape index (κ2) is 6.20. The second-order valence-electron chi connectivity index (χ2n) is 5.77. The molecule has 0 radical (unpaired) electrons. The fourth-order valence-corrected chi connectivity index (χ4v) is 3.07. The van der Waals surface area contributed by atoms with Crippen molar-refractivity contribution in [1.29, 1.82) is 0 Å². The third-order valence-electron chi connectivity index (χ3n) is 4.29. The minimum Gasteiger partial charge on any atom is -0.355 e. The number of pyridine rings is 1. The molecule has 0 aliphatic carbocycles. The summed E-state index contributed by atoms with van der Waals surface area (Å²) in [6.45, 7) is 3.90. The number of rotatable bonds is 2. The number of benzene rings is 1. The van der Waals surface area contributed by atoms with Crippen LogP contribution in [0.1, 0.15) is 6.42 Å². The summed E-state index contributed by atoms with van der Waals surface area (Å²) < 4.78 is 0. The average molecular weight is 305 g/mol. The van der Waals surface area contributed by atoms with E-state index in [0.717, 1.165) is 49.8 Å². The van der Waals surface area contributed by atoms with E-state index in [4.69, 9.17) is 4.98 Å². The van der Waals surface area contributed by atoms with Crippen LogP contribution >= 0.6 is 0 Å². The Morgan fingerprint density at radius 3 is 2.39 bits per heavy atom. The van der Waals surface area contributed by atoms with Crippen LogP contribution in [-0.4, -0.2) is 41.4 Å². The van der Waals surface area contributed by atoms with E-state index in [9.17, 15) is 0 Å². The lowest BCUT2D eigenvalue weighted by Gasteiger charge is -2.23. The summed E-state index contributed by atoms with van der Waals surface area (Å²) in [6, 6.07) is 16.5. The summed E-state index contributed by atoms with van der Waals surface area (Å²) >= 11 is 0. The van der Waals surface area contributed by atoms with Crippen LogP contribution in [0.2, 0.25) is 0 Å². The maximum absolute atomic E-state index is 4.82. The quantitative estimate of drug-likeness (QED) is 0.728. The average Bonchev–Trinajstić information content (AvgIpc) is 2.88. The van der Waals surface area contributed by atoms with Gasteiger partial charge in [0, 0.05) is 37.8 Å². The van der Waals surface area contributed by atoms with E-state index in [1.54, 1.807) is 6.20 Å². The second-order valence-corrected chi connectivity index (χ2v) is 5.77. The molecule has 0 bridgehead atoms. The van der Waals surface area contributed by atoms with Crippen LogP contribution < -0.4 is 9.80 Å². The van der Waals surface area contributed by atoms with Crippen LogP contribution in [0.4, 0.5) is 11.6 Å². The van der Waals surface area contributed by atoms with Gasteiger partial charge in [0.25, 0.3) is 0 Å². The molecule has 0 saturated carbocycles. The Morgan fingerprint density at radius 2 is 1.57 bits per heavy atom. The van der Waals surface area contributed by atoms with Crippen molar-refractivity contribution in [2.75, 3.05) is 36.0 Å². The van der Waals surface area contributed by atoms with E-state index in [-0.39, 0.29) is 0 Å². The molecule has 1 aliphatic rings. The van der Waals surface area contributed by atoms with Gasteiger partial charge in [0.1, 0.15) is 5.82 Å². The van der Waals surface area contributed by atoms with Crippen molar-refractivity contribution in [2.45, 2.75) is 6.42 Å². The Bertz CT molecular complexity index is 790. The molecule has 1 fully saturated rings. The lowest BCUT2D eigenvalue weighted by atomic mass is 10.2. The highest BCUT2D eigenvalue weighted by atomic mass is 15.3. The van der Waals surface area contributed by atoms with Gasteiger partial charge >= 0.3 is 0 Å². The zero-order chi connectivity index (χ0) is 15.5. The van der Waals surface area contributed by atoms with Crippen molar-refractivity contribution >= 4 is 22.5 Å². The number of hydrogen-bond acceptors (Lipinski definition) is 5. The van der Waals surface area contributed by atoms with Crippen LogP contribution in [0, 0.1) is 0 Å². The Morgan fingerprint density at radius 1 is 0.739 bits per heavy atom. The van der Waals surface area contributed by atoms with Gasteiger partial charge in [-0.1, -0.05) is 18.2 Å². The number of para-hydroxylation sites is 1. The predicted octanol–water partition coefficient (Wildman–Crippen LogP) is 2.74. The minimum absolute atomic E-state index is 0.938. The third-order valence-corrected chi connectivity index (χ3v) is 4.29. The Kier molecular flexibility index (Phi) is 3.76. The predicted molar refractivity (Wildman–Crippen MR) is 92.8 cm³/mol. The fourth-order valence-electron chi connectivity index (χ4n) is 3.07. The first-order valence-electron chi connectivity index (χ1n) is 8.03. The summed E-state index contributed by atoms with van der Waals surface area (Å²) in [7, 11) is 0. The molecular weight excluding hydrogens is 286 g/mol. The minimum atomic E-state index is 0.938. The fraction of sp³-hybridized carbons (Fsp3) is 0.278. The van der Waals surface area contributed by atoms with Gasteiger partial charge in [0.2, 0.25) is 0 Å². The van der Waals surface area contributed by atoms with Crippen LogP contribution in [0.15, 0.2) is 54.7 Å². The van der Waals surface area contributed by atoms with Gasteiger partial charge in [-0.2, -0.15) is 5.10 Å². The van der Waals surface area contributed by atoms with Crippen molar-refractivity contribution in [2.24, 2.45) is 0 Å². The smallest absolute Gasteiger partial charge is 0.151 e. The molecule has 3 aromatic rings. The first-order valence-corrected chi connectivity index (χ1v) is 8.03. The van der Waals surface area contributed by atoms with Gasteiger partial charge in [-0.25, -0.2) is 4.98 Å². The van der Waals surface area contributed by atoms with Gasteiger partial charge < -0.3 is 9.80 Å². The molecule has 0 N–H and O–H groups in total. The molecule has 0 amide bonds. The van der Waals surface area contributed by atoms with E-state index in [1.807, 2.05) is 24.3 Å². The van der Waals surface area contributed by atoms with Crippen molar-refractivity contribution in [3.8, 4) is 0 Å². The van der Waals surface area contributed by atoms with Crippen LogP contribution in [0.5, 0.6) is 0 Å². The van der Waals surface area contributed by atoms with Gasteiger partial charge in [0.05, 0.1) is 5.52 Å². The van der Waals surface area contributed by atoms with Gasteiger partial charge in [-0.05, 0) is 36.8 Å². The highest BCUT2D eigenvalue weighted by Gasteiger charge is 2.17. The van der Waals surface area contributed by atoms with Crippen molar-refractivity contribution in [3.05, 3.63) is 54.7 Å². The van der Waals surface area contributed by atoms with Crippen molar-refractivity contribution < 1.29 is 0 Å². The van der Waals surface area contributed by atoms with Gasteiger partial charge in [0.15, 0.2) is 5.82 Å². The number of fused-ring (bicyclic) bond motifs is 1. The van der Waals surface area contributed by atoms with E-state index in [2.05, 4.69) is 44.3 Å². The lowest BCUT2D eigenvalue weighted by Crippen LogP contribution is -2.31. The van der Waals surface area contributed by atoms with Crippen LogP contribution in [-0.2, 0) is 0 Å². The third kappa shape index (κ3) is 2.95. The maximum atomic E-state index is 4.82. The lowest BCUT2D eigenvalue weighted by molar-refractivity contribution is 0.785. The first kappa shape index (κ1) is 13.9. The Labute approximate surface area is 135 Å². The SMILES string of the molecule is c1cnnc(N2CCCN(c3ccc4ccccc4n3)CC2)c1. The summed E-state index contributed by atoms with van der Waals surface area (Å²) in [4.78, 5) is 9.48. The molecule has 0 unspecified atom stereocenters. The molecule has 116 valence electrons. The molecule has 23 heavy (non-hydrogen) atoms. The molecule has 1 saturated heterocycles. The number of nitrogens with zero attached hydrogens (tertiary/aromatic N) is 5. The summed E-state index contributed by atoms with van der Waals surface area (Å²) in [5.41, 5.74) is 1.06. The highest BCUT2D eigenvalue weighted by molar-refractivity contribution is 5.80. The van der Waals surface area contributed by atoms with E-state index in [1.165, 1.54) is 5.39 Å².